The Morgan fingerprint density at radius 1 is 0.523 bits per heavy atom. The molecule has 0 N–H and O–H groups in total. The number of rotatable bonds is 3. The van der Waals surface area contributed by atoms with Gasteiger partial charge >= 0.3 is 0 Å². The van der Waals surface area contributed by atoms with Gasteiger partial charge in [-0.25, -0.2) is 9.97 Å². The van der Waals surface area contributed by atoms with Crippen molar-refractivity contribution in [2.45, 2.75) is 13.8 Å². The predicted molar refractivity (Wildman–Crippen MR) is 184 cm³/mol. The molecule has 0 atom stereocenters. The molecule has 0 bridgehead atoms. The van der Waals surface area contributed by atoms with Crippen molar-refractivity contribution in [2.75, 3.05) is 0 Å². The van der Waals surface area contributed by atoms with Crippen molar-refractivity contribution in [2.24, 2.45) is 5.41 Å². The molecule has 2 aromatic heterocycles. The maximum Gasteiger partial charge on any atom is 0.235 e. The normalized spacial score (nSPS) is 13.8. The van der Waals surface area contributed by atoms with E-state index in [9.17, 15) is 0 Å². The number of fused-ring (bicyclic) bond motifs is 7. The number of para-hydroxylation sites is 1. The zero-order chi connectivity index (χ0) is 29.4. The third kappa shape index (κ3) is 3.76. The van der Waals surface area contributed by atoms with E-state index in [4.69, 9.17) is 9.97 Å². The highest BCUT2D eigenvalue weighted by Gasteiger charge is 2.22. The molecule has 0 amide bonds. The van der Waals surface area contributed by atoms with E-state index in [1.807, 2.05) is 0 Å². The summed E-state index contributed by atoms with van der Waals surface area (Å²) in [5.74, 6) is 0.695. The van der Waals surface area contributed by atoms with Gasteiger partial charge in [-0.2, -0.15) is 0 Å². The van der Waals surface area contributed by atoms with Crippen molar-refractivity contribution in [3.05, 3.63) is 138 Å². The molecule has 0 aliphatic heterocycles. The number of hydrogen-bond donors (Lipinski definition) is 0. The first-order chi connectivity index (χ1) is 21.5. The lowest BCUT2D eigenvalue weighted by atomic mass is 9.95. The van der Waals surface area contributed by atoms with Crippen LogP contribution < -0.4 is 10.6 Å². The Bertz CT molecular complexity index is 2560. The zero-order valence-electron chi connectivity index (χ0n) is 24.6. The number of nitrogens with zero attached hydrogens (tertiary/aromatic N) is 3. The summed E-state index contributed by atoms with van der Waals surface area (Å²) in [5, 5.41) is 9.51. The van der Waals surface area contributed by atoms with Gasteiger partial charge in [-0.05, 0) is 50.9 Å². The van der Waals surface area contributed by atoms with E-state index in [-0.39, 0.29) is 5.41 Å². The smallest absolute Gasteiger partial charge is 0.235 e. The first-order valence-corrected chi connectivity index (χ1v) is 15.2. The summed E-state index contributed by atoms with van der Waals surface area (Å²) in [5.41, 5.74) is 6.60. The summed E-state index contributed by atoms with van der Waals surface area (Å²) in [6.45, 7) is 4.46. The summed E-state index contributed by atoms with van der Waals surface area (Å²) < 4.78 is 2.24. The van der Waals surface area contributed by atoms with Crippen molar-refractivity contribution in [1.29, 1.82) is 0 Å². The van der Waals surface area contributed by atoms with Gasteiger partial charge in [0.2, 0.25) is 5.95 Å². The van der Waals surface area contributed by atoms with E-state index in [0.29, 0.717) is 5.95 Å². The molecule has 0 radical (unpaired) electrons. The SMILES string of the molecule is CC1(C)C=c2nc(-n3c4ccccc4c4c5ccccc5ccc43)nc(-c3ccc(-c4cccc5ccccc45)cc3)c2=C1. The third-order valence-corrected chi connectivity index (χ3v) is 9.01. The first-order valence-electron chi connectivity index (χ1n) is 15.2. The lowest BCUT2D eigenvalue weighted by Gasteiger charge is -2.11. The molecule has 0 saturated heterocycles. The quantitative estimate of drug-likeness (QED) is 0.215. The van der Waals surface area contributed by atoms with Crippen molar-refractivity contribution < 1.29 is 0 Å². The first kappa shape index (κ1) is 25.0. The van der Waals surface area contributed by atoms with E-state index in [0.717, 1.165) is 32.9 Å². The second kappa shape index (κ2) is 9.23. The molecule has 3 nitrogen and oxygen atoms in total. The Labute approximate surface area is 255 Å². The fourth-order valence-electron chi connectivity index (χ4n) is 7.05. The zero-order valence-corrected chi connectivity index (χ0v) is 24.6. The molecule has 44 heavy (non-hydrogen) atoms. The van der Waals surface area contributed by atoms with Crippen LogP contribution in [-0.2, 0) is 0 Å². The summed E-state index contributed by atoms with van der Waals surface area (Å²) in [7, 11) is 0. The Kier molecular flexibility index (Phi) is 5.24. The van der Waals surface area contributed by atoms with Crippen LogP contribution in [-0.4, -0.2) is 14.5 Å². The van der Waals surface area contributed by atoms with Gasteiger partial charge in [-0.15, -0.1) is 0 Å². The molecule has 9 rings (SSSR count). The van der Waals surface area contributed by atoms with Crippen LogP contribution in [0.3, 0.4) is 0 Å². The number of aromatic nitrogens is 3. The number of hydrogen-bond acceptors (Lipinski definition) is 2. The van der Waals surface area contributed by atoms with E-state index in [2.05, 4.69) is 158 Å². The monoisotopic (exact) mass is 563 g/mol. The lowest BCUT2D eigenvalue weighted by molar-refractivity contribution is 0.723. The summed E-state index contributed by atoms with van der Waals surface area (Å²) in [6.07, 6.45) is 4.57. The molecule has 2 heterocycles. The molecule has 208 valence electrons. The maximum atomic E-state index is 5.36. The van der Waals surface area contributed by atoms with Gasteiger partial charge in [0.15, 0.2) is 0 Å². The van der Waals surface area contributed by atoms with Crippen LogP contribution in [0.4, 0.5) is 0 Å². The van der Waals surface area contributed by atoms with Gasteiger partial charge in [0.05, 0.1) is 22.1 Å². The average molecular weight is 564 g/mol. The maximum absolute atomic E-state index is 5.36. The van der Waals surface area contributed by atoms with Gasteiger partial charge in [0, 0.05) is 27.0 Å². The van der Waals surface area contributed by atoms with E-state index in [1.165, 1.54) is 43.4 Å². The molecular weight excluding hydrogens is 534 g/mol. The Balaban J connectivity index is 1.28. The largest absolute Gasteiger partial charge is 0.278 e. The van der Waals surface area contributed by atoms with E-state index in [1.54, 1.807) is 0 Å². The van der Waals surface area contributed by atoms with Crippen LogP contribution in [0, 0.1) is 5.41 Å². The molecule has 0 spiro atoms. The minimum Gasteiger partial charge on any atom is -0.278 e. The average Bonchev–Trinajstić information content (AvgIpc) is 3.57. The van der Waals surface area contributed by atoms with Crippen LogP contribution in [0.2, 0.25) is 0 Å². The molecule has 6 aromatic carbocycles. The highest BCUT2D eigenvalue weighted by molar-refractivity contribution is 6.21. The van der Waals surface area contributed by atoms with Crippen LogP contribution >= 0.6 is 0 Å². The fraction of sp³-hybridized carbons (Fsp3) is 0.0732. The molecule has 1 aliphatic carbocycles. The van der Waals surface area contributed by atoms with Crippen LogP contribution in [0.5, 0.6) is 0 Å². The summed E-state index contributed by atoms with van der Waals surface area (Å²) in [6, 6.07) is 45.6. The van der Waals surface area contributed by atoms with Gasteiger partial charge in [0.25, 0.3) is 0 Å². The topological polar surface area (TPSA) is 30.7 Å². The Morgan fingerprint density at radius 2 is 1.18 bits per heavy atom. The fourth-order valence-corrected chi connectivity index (χ4v) is 7.05. The molecule has 3 heteroatoms. The highest BCUT2D eigenvalue weighted by atomic mass is 15.2. The number of benzene rings is 6. The van der Waals surface area contributed by atoms with Gasteiger partial charge < -0.3 is 0 Å². The Hall–Kier alpha value is -5.54. The standard InChI is InChI=1S/C41H29N3/c1-41(2)24-34-35(25-41)42-40(44-36-17-8-7-15-33(36)38-32-14-6-4-11-27(32)22-23-37(38)44)43-39(34)29-20-18-28(19-21-29)31-16-9-12-26-10-3-5-13-30(26)31/h3-25H,1-2H3. The van der Waals surface area contributed by atoms with Crippen molar-refractivity contribution in [1.82, 2.24) is 14.5 Å². The van der Waals surface area contributed by atoms with Crippen molar-refractivity contribution >= 4 is 55.5 Å². The van der Waals surface area contributed by atoms with Gasteiger partial charge in [-0.1, -0.05) is 135 Å². The molecule has 0 unspecified atom stereocenters. The van der Waals surface area contributed by atoms with E-state index >= 15 is 0 Å². The lowest BCUT2D eigenvalue weighted by Crippen LogP contribution is -2.30. The second-order valence-corrected chi connectivity index (χ2v) is 12.4. The molecule has 8 aromatic rings. The minimum atomic E-state index is -0.107. The van der Waals surface area contributed by atoms with Crippen LogP contribution in [0.1, 0.15) is 13.8 Å². The molecule has 0 saturated carbocycles. The van der Waals surface area contributed by atoms with Crippen molar-refractivity contribution in [3.63, 3.8) is 0 Å². The van der Waals surface area contributed by atoms with Gasteiger partial charge in [0.1, 0.15) is 0 Å². The summed E-state index contributed by atoms with van der Waals surface area (Å²) in [4.78, 5) is 10.6. The predicted octanol–water partition coefficient (Wildman–Crippen LogP) is 8.81. The van der Waals surface area contributed by atoms with Crippen molar-refractivity contribution in [3.8, 4) is 28.3 Å². The minimum absolute atomic E-state index is 0.107. The third-order valence-electron chi connectivity index (χ3n) is 9.01. The van der Waals surface area contributed by atoms with E-state index < -0.39 is 0 Å². The Morgan fingerprint density at radius 3 is 2.00 bits per heavy atom. The molecular formula is C41H29N3. The van der Waals surface area contributed by atoms with Crippen LogP contribution in [0.25, 0.3) is 83.8 Å². The highest BCUT2D eigenvalue weighted by Crippen LogP contribution is 2.36. The molecule has 0 fully saturated rings. The second-order valence-electron chi connectivity index (χ2n) is 12.4. The summed E-state index contributed by atoms with van der Waals surface area (Å²) >= 11 is 0. The van der Waals surface area contributed by atoms with Crippen LogP contribution in [0.15, 0.2) is 127 Å². The van der Waals surface area contributed by atoms with Gasteiger partial charge in [-0.3, -0.25) is 4.57 Å². The molecule has 1 aliphatic rings.